The molecule has 0 aromatic heterocycles. The van der Waals surface area contributed by atoms with Gasteiger partial charge in [-0.1, -0.05) is 25.5 Å². The van der Waals surface area contributed by atoms with Crippen molar-refractivity contribution < 1.29 is 8.42 Å². The molecule has 5 heteroatoms. The molecule has 0 bridgehead atoms. The summed E-state index contributed by atoms with van der Waals surface area (Å²) in [5, 5.41) is 8.92. The lowest BCUT2D eigenvalue weighted by Crippen LogP contribution is -2.40. The van der Waals surface area contributed by atoms with Crippen molar-refractivity contribution in [2.45, 2.75) is 31.1 Å². The van der Waals surface area contributed by atoms with Gasteiger partial charge in [0, 0.05) is 6.54 Å². The Balaban J connectivity index is 2.18. The van der Waals surface area contributed by atoms with Crippen molar-refractivity contribution >= 4 is 10.0 Å². The Labute approximate surface area is 108 Å². The molecule has 96 valence electrons. The van der Waals surface area contributed by atoms with Gasteiger partial charge in [0.05, 0.1) is 10.5 Å². The smallest absolute Gasteiger partial charge is 0.211 e. The summed E-state index contributed by atoms with van der Waals surface area (Å²) in [5.41, 5.74) is 0.262. The maximum absolute atomic E-state index is 12.1. The molecular formula is C13H16N2O2S. The summed E-state index contributed by atoms with van der Waals surface area (Å²) in [6, 6.07) is 8.17. The van der Waals surface area contributed by atoms with E-state index in [0.717, 1.165) is 19.3 Å². The van der Waals surface area contributed by atoms with E-state index in [0.29, 0.717) is 6.54 Å². The van der Waals surface area contributed by atoms with E-state index >= 15 is 0 Å². The van der Waals surface area contributed by atoms with E-state index in [1.165, 1.54) is 12.1 Å². The number of sulfonamides is 1. The van der Waals surface area contributed by atoms with Crippen LogP contribution in [0.25, 0.3) is 0 Å². The maximum Gasteiger partial charge on any atom is 0.241 e. The standard InChI is InChI=1S/C13H16N2O2S/c1-13(7-4-8-13)10-15-18(16,17)12-6-3-2-5-11(12)9-14/h2-3,5-6,15H,4,7-8,10H2,1H3. The second-order valence-corrected chi connectivity index (χ2v) is 6.83. The second kappa shape index (κ2) is 4.71. The summed E-state index contributed by atoms with van der Waals surface area (Å²) >= 11 is 0. The lowest BCUT2D eigenvalue weighted by molar-refractivity contribution is 0.166. The third-order valence-corrected chi connectivity index (χ3v) is 5.01. The molecular weight excluding hydrogens is 248 g/mol. The van der Waals surface area contributed by atoms with Gasteiger partial charge in [0.15, 0.2) is 0 Å². The fourth-order valence-corrected chi connectivity index (χ4v) is 3.45. The number of hydrogen-bond acceptors (Lipinski definition) is 3. The lowest BCUT2D eigenvalue weighted by Gasteiger charge is -2.38. The van der Waals surface area contributed by atoms with Crippen LogP contribution < -0.4 is 4.72 Å². The summed E-state index contributed by atoms with van der Waals surface area (Å²) in [6.07, 6.45) is 3.26. The molecule has 0 saturated heterocycles. The van der Waals surface area contributed by atoms with E-state index in [-0.39, 0.29) is 15.9 Å². The number of rotatable bonds is 4. The minimum Gasteiger partial charge on any atom is -0.211 e. The third-order valence-electron chi connectivity index (χ3n) is 3.55. The van der Waals surface area contributed by atoms with Gasteiger partial charge in [-0.2, -0.15) is 5.26 Å². The van der Waals surface area contributed by atoms with E-state index < -0.39 is 10.0 Å². The summed E-state index contributed by atoms with van der Waals surface area (Å²) in [7, 11) is -3.58. The summed E-state index contributed by atoms with van der Waals surface area (Å²) in [6.45, 7) is 2.52. The SMILES string of the molecule is CC1(CNS(=O)(=O)c2ccccc2C#N)CCC1. The number of benzene rings is 1. The Morgan fingerprint density at radius 1 is 1.39 bits per heavy atom. The zero-order valence-corrected chi connectivity index (χ0v) is 11.1. The van der Waals surface area contributed by atoms with Crippen LogP contribution in [0.2, 0.25) is 0 Å². The second-order valence-electron chi connectivity index (χ2n) is 5.10. The van der Waals surface area contributed by atoms with Crippen LogP contribution in [0.4, 0.5) is 0 Å². The molecule has 1 aromatic rings. The molecule has 0 unspecified atom stereocenters. The predicted molar refractivity (Wildman–Crippen MR) is 68.3 cm³/mol. The first kappa shape index (κ1) is 13.1. The van der Waals surface area contributed by atoms with Crippen molar-refractivity contribution in [3.05, 3.63) is 29.8 Å². The summed E-state index contributed by atoms with van der Waals surface area (Å²) in [5.74, 6) is 0. The van der Waals surface area contributed by atoms with Gasteiger partial charge in [-0.3, -0.25) is 0 Å². The Hall–Kier alpha value is -1.38. The van der Waals surface area contributed by atoms with Crippen molar-refractivity contribution in [3.63, 3.8) is 0 Å². The topological polar surface area (TPSA) is 70.0 Å². The minimum absolute atomic E-state index is 0.0652. The average Bonchev–Trinajstić information content (AvgIpc) is 2.34. The van der Waals surface area contributed by atoms with Gasteiger partial charge in [-0.15, -0.1) is 0 Å². The van der Waals surface area contributed by atoms with Gasteiger partial charge in [0.25, 0.3) is 0 Å². The maximum atomic E-state index is 12.1. The highest BCUT2D eigenvalue weighted by molar-refractivity contribution is 7.89. The molecule has 1 fully saturated rings. The molecule has 1 aromatic carbocycles. The van der Waals surface area contributed by atoms with Gasteiger partial charge in [-0.25, -0.2) is 13.1 Å². The predicted octanol–water partition coefficient (Wildman–Crippen LogP) is 2.03. The normalized spacial score (nSPS) is 17.8. The molecule has 0 aliphatic heterocycles. The van der Waals surface area contributed by atoms with Crippen LogP contribution in [0.1, 0.15) is 31.7 Å². The van der Waals surface area contributed by atoms with Crippen molar-refractivity contribution in [2.24, 2.45) is 5.41 Å². The number of hydrogen-bond donors (Lipinski definition) is 1. The fraction of sp³-hybridized carbons (Fsp3) is 0.462. The monoisotopic (exact) mass is 264 g/mol. The van der Waals surface area contributed by atoms with Crippen LogP contribution in [0, 0.1) is 16.7 Å². The zero-order chi connectivity index (χ0) is 13.2. The van der Waals surface area contributed by atoms with E-state index in [2.05, 4.69) is 11.6 Å². The summed E-state index contributed by atoms with van der Waals surface area (Å²) < 4.78 is 26.9. The van der Waals surface area contributed by atoms with Gasteiger partial charge >= 0.3 is 0 Å². The largest absolute Gasteiger partial charge is 0.241 e. The van der Waals surface area contributed by atoms with Gasteiger partial charge < -0.3 is 0 Å². The molecule has 1 aliphatic rings. The molecule has 1 saturated carbocycles. The quantitative estimate of drug-likeness (QED) is 0.904. The molecule has 0 radical (unpaired) electrons. The highest BCUT2D eigenvalue weighted by Crippen LogP contribution is 2.39. The fourth-order valence-electron chi connectivity index (χ4n) is 2.10. The van der Waals surface area contributed by atoms with Crippen LogP contribution >= 0.6 is 0 Å². The van der Waals surface area contributed by atoms with Crippen molar-refractivity contribution in [1.29, 1.82) is 5.26 Å². The minimum atomic E-state index is -3.58. The number of nitriles is 1. The van der Waals surface area contributed by atoms with Gasteiger partial charge in [-0.05, 0) is 30.4 Å². The van der Waals surface area contributed by atoms with E-state index in [9.17, 15) is 8.42 Å². The van der Waals surface area contributed by atoms with E-state index in [4.69, 9.17) is 5.26 Å². The van der Waals surface area contributed by atoms with Crippen LogP contribution in [-0.4, -0.2) is 15.0 Å². The molecule has 2 rings (SSSR count). The summed E-state index contributed by atoms with van der Waals surface area (Å²) in [4.78, 5) is 0.0652. The highest BCUT2D eigenvalue weighted by atomic mass is 32.2. The highest BCUT2D eigenvalue weighted by Gasteiger charge is 2.33. The van der Waals surface area contributed by atoms with Crippen molar-refractivity contribution in [1.82, 2.24) is 4.72 Å². The van der Waals surface area contributed by atoms with Crippen LogP contribution in [-0.2, 0) is 10.0 Å². The Morgan fingerprint density at radius 2 is 2.06 bits per heavy atom. The third kappa shape index (κ3) is 2.55. The van der Waals surface area contributed by atoms with Crippen LogP contribution in [0.5, 0.6) is 0 Å². The van der Waals surface area contributed by atoms with Gasteiger partial charge in [0.1, 0.15) is 6.07 Å². The van der Waals surface area contributed by atoms with E-state index in [1.54, 1.807) is 12.1 Å². The molecule has 18 heavy (non-hydrogen) atoms. The first-order valence-corrected chi connectivity index (χ1v) is 7.44. The average molecular weight is 264 g/mol. The lowest BCUT2D eigenvalue weighted by atomic mass is 9.71. The molecule has 1 aliphatic carbocycles. The number of nitrogens with zero attached hydrogens (tertiary/aromatic N) is 1. The van der Waals surface area contributed by atoms with Crippen LogP contribution in [0.15, 0.2) is 29.2 Å². The van der Waals surface area contributed by atoms with Crippen molar-refractivity contribution in [3.8, 4) is 6.07 Å². The van der Waals surface area contributed by atoms with E-state index in [1.807, 2.05) is 6.07 Å². The molecule has 0 atom stereocenters. The molecule has 0 amide bonds. The Bertz CT molecular complexity index is 583. The Kier molecular flexibility index (Phi) is 3.42. The number of nitrogens with one attached hydrogen (secondary N) is 1. The van der Waals surface area contributed by atoms with Crippen LogP contribution in [0.3, 0.4) is 0 Å². The molecule has 1 N–H and O–H groups in total. The molecule has 0 heterocycles. The first-order valence-electron chi connectivity index (χ1n) is 5.96. The molecule has 0 spiro atoms. The van der Waals surface area contributed by atoms with Gasteiger partial charge in [0.2, 0.25) is 10.0 Å². The first-order chi connectivity index (χ1) is 8.47. The van der Waals surface area contributed by atoms with Crippen molar-refractivity contribution in [2.75, 3.05) is 6.54 Å². The zero-order valence-electron chi connectivity index (χ0n) is 10.3. The Morgan fingerprint density at radius 3 is 2.61 bits per heavy atom. The molecule has 4 nitrogen and oxygen atoms in total.